The van der Waals surface area contributed by atoms with Crippen LogP contribution in [0, 0.1) is 11.8 Å². The number of halogens is 1. The van der Waals surface area contributed by atoms with Gasteiger partial charge in [0.2, 0.25) is 23.6 Å². The minimum absolute atomic E-state index is 0.00687. The molecule has 0 spiro atoms. The summed E-state index contributed by atoms with van der Waals surface area (Å²) in [5.41, 5.74) is 7.66. The van der Waals surface area contributed by atoms with E-state index in [9.17, 15) is 29.1 Å². The van der Waals surface area contributed by atoms with E-state index in [-0.39, 0.29) is 103 Å². The zero-order chi connectivity index (χ0) is 66.8. The van der Waals surface area contributed by atoms with Crippen LogP contribution >= 0.6 is 11.6 Å². The Balaban J connectivity index is 0.578. The largest absolute Gasteiger partial charge is 0.448 e. The molecule has 5 saturated heterocycles. The molecule has 8 fully saturated rings. The molecule has 3 saturated carbocycles. The van der Waals surface area contributed by atoms with Crippen molar-refractivity contribution >= 4 is 53.0 Å². The third-order valence-corrected chi connectivity index (χ3v) is 23.2. The van der Waals surface area contributed by atoms with Gasteiger partial charge in [-0.2, -0.15) is 0 Å². The average molecular weight is 1340 g/mol. The number of fused-ring (bicyclic) bond motifs is 7. The van der Waals surface area contributed by atoms with Gasteiger partial charge in [-0.3, -0.25) is 28.9 Å². The molecule has 4 aromatic carbocycles. The van der Waals surface area contributed by atoms with Crippen LogP contribution in [0.3, 0.4) is 0 Å². The summed E-state index contributed by atoms with van der Waals surface area (Å²) < 4.78 is 13.1. The first-order valence-corrected chi connectivity index (χ1v) is 36.3. The number of carbonyl (C=O) groups is 6. The number of aliphatic hydroxyl groups is 1. The highest BCUT2D eigenvalue weighted by Gasteiger charge is 2.51. The molecule has 0 radical (unpaired) electrons. The van der Waals surface area contributed by atoms with Gasteiger partial charge in [0, 0.05) is 131 Å². The van der Waals surface area contributed by atoms with Crippen LogP contribution in [0.15, 0.2) is 103 Å². The Labute approximate surface area is 574 Å². The zero-order valence-electron chi connectivity index (χ0n) is 56.0. The van der Waals surface area contributed by atoms with Gasteiger partial charge < -0.3 is 55.0 Å². The summed E-state index contributed by atoms with van der Waals surface area (Å²) in [7, 11) is 0. The van der Waals surface area contributed by atoms with Crippen LogP contribution in [-0.4, -0.2) is 204 Å². The van der Waals surface area contributed by atoms with Crippen molar-refractivity contribution in [3.8, 4) is 11.1 Å². The number of anilines is 1. The second-order valence-corrected chi connectivity index (χ2v) is 29.7. The van der Waals surface area contributed by atoms with Gasteiger partial charge in [0.25, 0.3) is 5.91 Å². The predicted octanol–water partition coefficient (Wildman–Crippen LogP) is 8.78. The van der Waals surface area contributed by atoms with Crippen LogP contribution < -0.4 is 20.9 Å². The summed E-state index contributed by atoms with van der Waals surface area (Å²) in [5.74, 6) is 0.0762. The SMILES string of the molecule is C[C@@H]1C[C@@H](O)c2ncnc(N3CCN(C(=O)[C@H](CN(CCNC(=O)CNC45CCC(CN6CCN(C(=O)[C@H](NC(=O)c7cccc(C8CCCN(C(=O)C9CC9)C8)c7)C7CCCCC7)CC6)(CC4)OC5)C(=O)OCC4c5ccccc5-c5ccccc54)c4ccc(Cl)cc4)CC3)c21. The fourth-order valence-electron chi connectivity index (χ4n) is 17.1. The number of hydrogen-bond acceptors (Lipinski definition) is 14. The van der Waals surface area contributed by atoms with Gasteiger partial charge in [-0.05, 0) is 140 Å². The van der Waals surface area contributed by atoms with E-state index in [0.29, 0.717) is 93.8 Å². The number of likely N-dealkylation sites (tertiary alicyclic amines) is 1. The maximum absolute atomic E-state index is 15.1. The highest BCUT2D eigenvalue weighted by Crippen LogP contribution is 2.47. The fraction of sp³-hybridized carbons (Fsp3) is 0.553. The number of rotatable bonds is 21. The standard InChI is InChI=1S/C76H94ClN11O9/c1-50-41-64(89)68-66(50)69(80-49-79-68)84-37-39-85(40-38-84)72(93)62(51-22-24-57(77)25-23-51)45-88(74(95)96-46-63-60-18-7-5-16-58(60)59-17-6-8-19-61(59)63)32-30-78-65(90)43-81-75-26-28-76(29-27-75,97-48-75)47-83-33-35-86(36-34-83)73(94)67(52-11-3-2-4-12-52)82-70(91)55-14-9-13-54(42-55)56-15-10-31-87(44-56)71(92)53-20-21-53/h5-9,13-14,16-19,22-25,42,49-50,52-53,56,62-64,67,81,89H,2-4,10-12,15,20-21,26-41,43-48H2,1H3,(H,78,90)(H,82,91)/t50-,56?,62-,64-,67-,75?,76?/m1/s1. The molecular weight excluding hydrogens is 1250 g/mol. The molecule has 5 aliphatic heterocycles. The molecule has 5 aromatic rings. The molecule has 6 heterocycles. The summed E-state index contributed by atoms with van der Waals surface area (Å²) in [6.07, 6.45) is 13.2. The normalized spacial score (nSPS) is 24.8. The first kappa shape index (κ1) is 66.7. The van der Waals surface area contributed by atoms with E-state index < -0.39 is 24.2 Å². The number of piperidine rings is 1. The molecule has 15 rings (SSSR count). The summed E-state index contributed by atoms with van der Waals surface area (Å²) in [4.78, 5) is 107. The van der Waals surface area contributed by atoms with Crippen LogP contribution in [-0.2, 0) is 28.7 Å². The summed E-state index contributed by atoms with van der Waals surface area (Å²) >= 11 is 6.44. The second kappa shape index (κ2) is 29.1. The molecule has 1 unspecified atom stereocenters. The third-order valence-electron chi connectivity index (χ3n) is 23.0. The van der Waals surface area contributed by atoms with Crippen molar-refractivity contribution in [1.29, 1.82) is 0 Å². The summed E-state index contributed by atoms with van der Waals surface area (Å²) in [6, 6.07) is 30.8. The van der Waals surface area contributed by atoms with E-state index in [2.05, 4.69) is 73.0 Å². The molecule has 21 heteroatoms. The lowest BCUT2D eigenvalue weighted by molar-refractivity contribution is -0.173. The number of amides is 6. The zero-order valence-corrected chi connectivity index (χ0v) is 56.8. The molecule has 2 bridgehead atoms. The maximum atomic E-state index is 15.1. The highest BCUT2D eigenvalue weighted by atomic mass is 35.5. The van der Waals surface area contributed by atoms with E-state index in [1.165, 1.54) is 6.33 Å². The first-order valence-electron chi connectivity index (χ1n) is 36.0. The first-order chi connectivity index (χ1) is 47.2. The van der Waals surface area contributed by atoms with Crippen LogP contribution in [0.4, 0.5) is 10.6 Å². The molecule has 5 atom stereocenters. The predicted molar refractivity (Wildman–Crippen MR) is 369 cm³/mol. The van der Waals surface area contributed by atoms with Gasteiger partial charge in [-0.15, -0.1) is 0 Å². The fourth-order valence-corrected chi connectivity index (χ4v) is 17.3. The quantitative estimate of drug-likeness (QED) is 0.0540. The minimum Gasteiger partial charge on any atom is -0.448 e. The molecular formula is C76H94ClN11O9. The van der Waals surface area contributed by atoms with Gasteiger partial charge in [0.1, 0.15) is 24.8 Å². The second-order valence-electron chi connectivity index (χ2n) is 29.2. The number of aliphatic hydroxyl groups excluding tert-OH is 1. The smallest absolute Gasteiger partial charge is 0.409 e. The summed E-state index contributed by atoms with van der Waals surface area (Å²) in [6.45, 7) is 9.57. The van der Waals surface area contributed by atoms with E-state index >= 15 is 4.79 Å². The number of piperazine rings is 2. The van der Waals surface area contributed by atoms with Gasteiger partial charge in [0.05, 0.1) is 36.5 Å². The van der Waals surface area contributed by atoms with Crippen LogP contribution in [0.1, 0.15) is 170 Å². The lowest BCUT2D eigenvalue weighted by atomic mass is 9.71. The Kier molecular flexibility index (Phi) is 20.0. The Bertz CT molecular complexity index is 3630. The lowest BCUT2D eigenvalue weighted by Crippen LogP contribution is -2.66. The number of ether oxygens (including phenoxy) is 2. The van der Waals surface area contributed by atoms with Crippen molar-refractivity contribution < 1.29 is 43.3 Å². The van der Waals surface area contributed by atoms with Gasteiger partial charge in [-0.25, -0.2) is 14.8 Å². The average Bonchev–Trinajstić information content (AvgIpc) is 1.73. The molecule has 5 aliphatic carbocycles. The molecule has 4 N–H and O–H groups in total. The monoisotopic (exact) mass is 1340 g/mol. The number of benzene rings is 4. The van der Waals surface area contributed by atoms with Crippen molar-refractivity contribution in [2.24, 2.45) is 11.8 Å². The van der Waals surface area contributed by atoms with Gasteiger partial charge in [0.15, 0.2) is 0 Å². The number of carbonyl (C=O) groups excluding carboxylic acids is 6. The van der Waals surface area contributed by atoms with Crippen LogP contribution in [0.5, 0.6) is 0 Å². The Morgan fingerprint density at radius 1 is 0.753 bits per heavy atom. The third kappa shape index (κ3) is 14.7. The van der Waals surface area contributed by atoms with Gasteiger partial charge >= 0.3 is 6.09 Å². The molecule has 1 aromatic heterocycles. The van der Waals surface area contributed by atoms with Gasteiger partial charge in [-0.1, -0.05) is 111 Å². The molecule has 6 amide bonds. The Hall–Kier alpha value is -7.49. The van der Waals surface area contributed by atoms with Crippen molar-refractivity contribution in [2.45, 2.75) is 144 Å². The van der Waals surface area contributed by atoms with E-state index in [1.807, 2.05) is 69.3 Å². The molecule has 20 nitrogen and oxygen atoms in total. The van der Waals surface area contributed by atoms with Crippen molar-refractivity contribution in [3.63, 3.8) is 0 Å². The van der Waals surface area contributed by atoms with Crippen LogP contribution in [0.25, 0.3) is 11.1 Å². The molecule has 97 heavy (non-hydrogen) atoms. The summed E-state index contributed by atoms with van der Waals surface area (Å²) in [5, 5.41) is 21.2. The Morgan fingerprint density at radius 2 is 1.45 bits per heavy atom. The highest BCUT2D eigenvalue weighted by molar-refractivity contribution is 6.30. The van der Waals surface area contributed by atoms with E-state index in [0.717, 1.165) is 136 Å². The minimum atomic E-state index is -0.788. The van der Waals surface area contributed by atoms with E-state index in [4.69, 9.17) is 21.1 Å². The maximum Gasteiger partial charge on any atom is 0.409 e. The Morgan fingerprint density at radius 3 is 2.15 bits per heavy atom. The van der Waals surface area contributed by atoms with Crippen molar-refractivity contribution in [2.75, 3.05) is 116 Å². The number of nitrogens with one attached hydrogen (secondary N) is 3. The number of aromatic nitrogens is 2. The topological polar surface area (TPSA) is 222 Å². The number of nitrogens with zero attached hydrogens (tertiary/aromatic N) is 8. The number of hydrogen-bond donors (Lipinski definition) is 4. The van der Waals surface area contributed by atoms with E-state index in [1.54, 1.807) is 17.0 Å². The molecule has 10 aliphatic rings. The van der Waals surface area contributed by atoms with Crippen molar-refractivity contribution in [3.05, 3.63) is 147 Å². The molecule has 514 valence electrons. The lowest BCUT2D eigenvalue weighted by Gasteiger charge is -2.55. The van der Waals surface area contributed by atoms with Crippen molar-refractivity contribution in [1.82, 2.24) is 50.4 Å². The van der Waals surface area contributed by atoms with Crippen LogP contribution in [0.2, 0.25) is 5.02 Å².